The first kappa shape index (κ1) is 20.7. The molecule has 8 heteroatoms. The molecule has 0 atom stereocenters. The second kappa shape index (κ2) is 8.37. The van der Waals surface area contributed by atoms with Crippen molar-refractivity contribution in [3.8, 4) is 0 Å². The summed E-state index contributed by atoms with van der Waals surface area (Å²) in [4.78, 5) is 19.7. The Morgan fingerprint density at radius 3 is 2.15 bits per heavy atom. The number of carbonyl (C=O) groups excluding carboxylic acids is 1. The fraction of sp³-hybridized carbons (Fsp3) is 0.421. The van der Waals surface area contributed by atoms with E-state index < -0.39 is 23.2 Å². The van der Waals surface area contributed by atoms with Crippen molar-refractivity contribution < 1.29 is 22.7 Å². The Balaban J connectivity index is 0.00000126. The van der Waals surface area contributed by atoms with Gasteiger partial charge in [0.25, 0.3) is 0 Å². The first-order valence-electron chi connectivity index (χ1n) is 8.79. The minimum Gasteiger partial charge on any atom is -0.462 e. The van der Waals surface area contributed by atoms with Crippen molar-refractivity contribution in [1.82, 2.24) is 9.97 Å². The maximum absolute atomic E-state index is 12.7. The van der Waals surface area contributed by atoms with E-state index in [1.165, 1.54) is 24.5 Å². The van der Waals surface area contributed by atoms with Crippen molar-refractivity contribution in [1.29, 1.82) is 0 Å². The molecule has 2 aromatic rings. The number of aromatic nitrogens is 2. The third kappa shape index (κ3) is 4.96. The van der Waals surface area contributed by atoms with E-state index >= 15 is 0 Å². The van der Waals surface area contributed by atoms with Gasteiger partial charge in [0, 0.05) is 12.4 Å². The van der Waals surface area contributed by atoms with E-state index in [9.17, 15) is 18.0 Å². The summed E-state index contributed by atoms with van der Waals surface area (Å²) in [6.45, 7) is 5.96. The number of benzene rings is 1. The molecule has 3 rings (SSSR count). The predicted octanol–water partition coefficient (Wildman–Crippen LogP) is 4.80. The fourth-order valence-electron chi connectivity index (χ4n) is 2.52. The van der Waals surface area contributed by atoms with Gasteiger partial charge in [0.1, 0.15) is 0 Å². The van der Waals surface area contributed by atoms with Gasteiger partial charge in [0.2, 0.25) is 5.95 Å². The molecule has 1 saturated carbocycles. The Morgan fingerprint density at radius 2 is 1.70 bits per heavy atom. The molecule has 1 fully saturated rings. The molecule has 0 aliphatic heterocycles. The number of ether oxygens (including phenoxy) is 1. The molecule has 1 N–H and O–H groups in total. The van der Waals surface area contributed by atoms with Crippen molar-refractivity contribution in [2.75, 3.05) is 11.9 Å². The number of hydrogen-bond acceptors (Lipinski definition) is 5. The van der Waals surface area contributed by atoms with Crippen LogP contribution in [0, 0.1) is 0 Å². The highest BCUT2D eigenvalue weighted by atomic mass is 19.4. The Labute approximate surface area is 156 Å². The molecule has 146 valence electrons. The number of hydrogen-bond donors (Lipinski definition) is 1. The molecule has 0 saturated heterocycles. The number of carbonyl (C=O) groups is 1. The number of rotatable bonds is 5. The molecule has 0 radical (unpaired) electrons. The van der Waals surface area contributed by atoms with Crippen LogP contribution in [-0.2, 0) is 16.5 Å². The van der Waals surface area contributed by atoms with E-state index in [4.69, 9.17) is 4.74 Å². The summed E-state index contributed by atoms with van der Waals surface area (Å²) in [6.07, 6.45) is -0.107. The third-order valence-electron chi connectivity index (χ3n) is 4.03. The van der Waals surface area contributed by atoms with E-state index in [2.05, 4.69) is 15.3 Å². The summed E-state index contributed by atoms with van der Waals surface area (Å²) in [5.74, 6) is -0.191. The fourth-order valence-corrected chi connectivity index (χ4v) is 2.52. The van der Waals surface area contributed by atoms with Gasteiger partial charge >= 0.3 is 12.1 Å². The zero-order chi connectivity index (χ0) is 20.1. The summed E-state index contributed by atoms with van der Waals surface area (Å²) in [5, 5.41) is 3.15. The number of nitrogens with zero attached hydrogens (tertiary/aromatic N) is 2. The number of nitrogens with one attached hydrogen (secondary N) is 1. The van der Waals surface area contributed by atoms with E-state index in [0.717, 1.165) is 30.5 Å². The summed E-state index contributed by atoms with van der Waals surface area (Å²) in [6, 6.07) is 5.08. The number of anilines is 1. The Bertz CT molecular complexity index is 755. The van der Waals surface area contributed by atoms with Gasteiger partial charge < -0.3 is 10.1 Å². The van der Waals surface area contributed by atoms with Crippen molar-refractivity contribution in [2.24, 2.45) is 0 Å². The second-order valence-corrected chi connectivity index (χ2v) is 5.80. The highest BCUT2D eigenvalue weighted by Crippen LogP contribution is 2.48. The predicted molar refractivity (Wildman–Crippen MR) is 95.3 cm³/mol. The van der Waals surface area contributed by atoms with Crippen LogP contribution in [0.25, 0.3) is 0 Å². The minimum absolute atomic E-state index is 0.242. The monoisotopic (exact) mass is 381 g/mol. The maximum atomic E-state index is 12.7. The van der Waals surface area contributed by atoms with Crippen LogP contribution >= 0.6 is 0 Å². The SMILES string of the molecule is CC.CCOC(=O)c1cnc(NC2(c3ccc(C(F)(F)F)cc3)CC2)nc1. The summed E-state index contributed by atoms with van der Waals surface area (Å²) >= 11 is 0. The van der Waals surface area contributed by atoms with Gasteiger partial charge in [-0.15, -0.1) is 0 Å². The van der Waals surface area contributed by atoms with Gasteiger partial charge in [-0.2, -0.15) is 13.2 Å². The van der Waals surface area contributed by atoms with Crippen LogP contribution in [0.5, 0.6) is 0 Å². The maximum Gasteiger partial charge on any atom is 0.416 e. The smallest absolute Gasteiger partial charge is 0.416 e. The first-order chi connectivity index (χ1) is 12.8. The lowest BCUT2D eigenvalue weighted by molar-refractivity contribution is -0.137. The minimum atomic E-state index is -4.35. The largest absolute Gasteiger partial charge is 0.462 e. The molecule has 1 aromatic carbocycles. The van der Waals surface area contributed by atoms with Crippen molar-refractivity contribution in [3.05, 3.63) is 53.3 Å². The van der Waals surface area contributed by atoms with Crippen LogP contribution in [0.4, 0.5) is 19.1 Å². The molecule has 1 aromatic heterocycles. The molecule has 5 nitrogen and oxygen atoms in total. The molecule has 0 unspecified atom stereocenters. The summed E-state index contributed by atoms with van der Waals surface area (Å²) in [5.41, 5.74) is -0.150. The number of esters is 1. The summed E-state index contributed by atoms with van der Waals surface area (Å²) in [7, 11) is 0. The van der Waals surface area contributed by atoms with Crippen LogP contribution in [0.15, 0.2) is 36.7 Å². The van der Waals surface area contributed by atoms with E-state index in [1.807, 2.05) is 13.8 Å². The van der Waals surface area contributed by atoms with Crippen molar-refractivity contribution in [2.45, 2.75) is 45.3 Å². The molecule has 1 aliphatic carbocycles. The van der Waals surface area contributed by atoms with Gasteiger partial charge in [-0.25, -0.2) is 14.8 Å². The standard InChI is InChI=1S/C17H16F3N3O2.C2H6/c1-2-25-14(24)11-9-21-15(22-10-11)23-16(7-8-16)12-3-5-13(6-4-12)17(18,19)20;1-2/h3-6,9-10H,2,7-8H2,1H3,(H,21,22,23);1-2H3. The van der Waals surface area contributed by atoms with Gasteiger partial charge in [0.05, 0.1) is 23.3 Å². The van der Waals surface area contributed by atoms with E-state index in [0.29, 0.717) is 5.95 Å². The Kier molecular flexibility index (Phi) is 6.41. The Hall–Kier alpha value is -2.64. The van der Waals surface area contributed by atoms with Crippen LogP contribution in [0.3, 0.4) is 0 Å². The molecule has 0 bridgehead atoms. The van der Waals surface area contributed by atoms with Crippen LogP contribution in [0.2, 0.25) is 0 Å². The molecule has 1 heterocycles. The highest BCUT2D eigenvalue weighted by Gasteiger charge is 2.45. The van der Waals surface area contributed by atoms with Gasteiger partial charge in [0.15, 0.2) is 0 Å². The third-order valence-corrected chi connectivity index (χ3v) is 4.03. The van der Waals surface area contributed by atoms with Crippen LogP contribution < -0.4 is 5.32 Å². The highest BCUT2D eigenvalue weighted by molar-refractivity contribution is 5.88. The molecular weight excluding hydrogens is 359 g/mol. The number of alkyl halides is 3. The van der Waals surface area contributed by atoms with Gasteiger partial charge in [-0.3, -0.25) is 0 Å². The zero-order valence-corrected chi connectivity index (χ0v) is 15.4. The quantitative estimate of drug-likeness (QED) is 0.754. The van der Waals surface area contributed by atoms with Gasteiger partial charge in [-0.05, 0) is 37.5 Å². The van der Waals surface area contributed by atoms with E-state index in [1.54, 1.807) is 6.92 Å². The van der Waals surface area contributed by atoms with Crippen LogP contribution in [-0.4, -0.2) is 22.5 Å². The average Bonchev–Trinajstić information content (AvgIpc) is 3.44. The first-order valence-corrected chi connectivity index (χ1v) is 8.79. The second-order valence-electron chi connectivity index (χ2n) is 5.80. The molecular formula is C19H22F3N3O2. The van der Waals surface area contributed by atoms with Gasteiger partial charge in [-0.1, -0.05) is 26.0 Å². The normalized spacial score (nSPS) is 14.6. The van der Waals surface area contributed by atoms with E-state index in [-0.39, 0.29) is 12.2 Å². The molecule has 0 amide bonds. The van der Waals surface area contributed by atoms with Crippen molar-refractivity contribution >= 4 is 11.9 Å². The van der Waals surface area contributed by atoms with Crippen molar-refractivity contribution in [3.63, 3.8) is 0 Å². The summed E-state index contributed by atoms with van der Waals surface area (Å²) < 4.78 is 42.8. The molecule has 1 aliphatic rings. The molecule has 27 heavy (non-hydrogen) atoms. The lowest BCUT2D eigenvalue weighted by Gasteiger charge is -2.18. The lowest BCUT2D eigenvalue weighted by Crippen LogP contribution is -2.21. The lowest BCUT2D eigenvalue weighted by atomic mass is 10.0. The van der Waals surface area contributed by atoms with Crippen LogP contribution in [0.1, 0.15) is 55.1 Å². The molecule has 0 spiro atoms. The zero-order valence-electron chi connectivity index (χ0n) is 15.4. The topological polar surface area (TPSA) is 64.1 Å². The Morgan fingerprint density at radius 1 is 1.15 bits per heavy atom. The average molecular weight is 381 g/mol. The number of halogens is 3.